The Morgan fingerprint density at radius 1 is 1.30 bits per heavy atom. The summed E-state index contributed by atoms with van der Waals surface area (Å²) in [5, 5.41) is 3.34. The third-order valence-electron chi connectivity index (χ3n) is 4.51. The average molecular weight is 298 g/mol. The van der Waals surface area contributed by atoms with Crippen molar-refractivity contribution in [1.29, 1.82) is 0 Å². The van der Waals surface area contributed by atoms with Crippen LogP contribution >= 0.6 is 0 Å². The van der Waals surface area contributed by atoms with Crippen LogP contribution in [0.5, 0.6) is 0 Å². The Hall–Kier alpha value is -0.980. The molecule has 6 heteroatoms. The van der Waals surface area contributed by atoms with Crippen LogP contribution in [0.3, 0.4) is 0 Å². The monoisotopic (exact) mass is 298 g/mol. The molecule has 2 aliphatic rings. The van der Waals surface area contributed by atoms with Crippen LogP contribution < -0.4 is 5.32 Å². The van der Waals surface area contributed by atoms with Gasteiger partial charge in [-0.05, 0) is 55.6 Å². The smallest absolute Gasteiger partial charge is 0.243 e. The first-order valence-electron chi connectivity index (χ1n) is 7.02. The van der Waals surface area contributed by atoms with Gasteiger partial charge in [0.15, 0.2) is 0 Å². The van der Waals surface area contributed by atoms with Crippen LogP contribution in [0.25, 0.3) is 0 Å². The van der Waals surface area contributed by atoms with E-state index in [2.05, 4.69) is 5.32 Å². The summed E-state index contributed by atoms with van der Waals surface area (Å²) < 4.78 is 40.0. The Bertz CT molecular complexity index is 588. The molecule has 20 heavy (non-hydrogen) atoms. The van der Waals surface area contributed by atoms with E-state index in [4.69, 9.17) is 0 Å². The predicted molar refractivity (Wildman–Crippen MR) is 74.2 cm³/mol. The van der Waals surface area contributed by atoms with Crippen molar-refractivity contribution in [3.8, 4) is 0 Å². The van der Waals surface area contributed by atoms with Crippen LogP contribution in [-0.2, 0) is 10.0 Å². The maximum absolute atomic E-state index is 13.0. The normalized spacial score (nSPS) is 30.6. The van der Waals surface area contributed by atoms with Crippen LogP contribution in [0, 0.1) is 17.7 Å². The second-order valence-electron chi connectivity index (χ2n) is 5.59. The number of halogens is 1. The zero-order valence-electron chi connectivity index (χ0n) is 11.4. The van der Waals surface area contributed by atoms with Gasteiger partial charge in [-0.1, -0.05) is 6.92 Å². The molecule has 2 heterocycles. The lowest BCUT2D eigenvalue weighted by Crippen LogP contribution is -2.39. The van der Waals surface area contributed by atoms with E-state index in [1.807, 2.05) is 6.92 Å². The van der Waals surface area contributed by atoms with Gasteiger partial charge in [0.1, 0.15) is 5.82 Å². The summed E-state index contributed by atoms with van der Waals surface area (Å²) in [7, 11) is -3.52. The van der Waals surface area contributed by atoms with E-state index in [9.17, 15) is 12.8 Å². The lowest BCUT2D eigenvalue weighted by molar-refractivity contribution is 0.329. The molecule has 1 aromatic rings. The summed E-state index contributed by atoms with van der Waals surface area (Å²) in [6, 6.07) is 5.15. The van der Waals surface area contributed by atoms with E-state index < -0.39 is 15.8 Å². The van der Waals surface area contributed by atoms with Gasteiger partial charge in [-0.15, -0.1) is 0 Å². The molecule has 0 aliphatic carbocycles. The molecule has 0 aromatic heterocycles. The SMILES string of the molecule is CCC1C2CNCC2CN1S(=O)(=O)c1ccc(F)cc1. The molecule has 2 aliphatic heterocycles. The standard InChI is InChI=1S/C14H19FN2O2S/c1-2-14-13-8-16-7-10(13)9-17(14)20(18,19)12-5-3-11(15)4-6-12/h3-6,10,13-14,16H,2,7-9H2,1H3. The van der Waals surface area contributed by atoms with Gasteiger partial charge < -0.3 is 5.32 Å². The Kier molecular flexibility index (Phi) is 3.56. The number of nitrogens with zero attached hydrogens (tertiary/aromatic N) is 1. The van der Waals surface area contributed by atoms with Gasteiger partial charge in [0.25, 0.3) is 0 Å². The van der Waals surface area contributed by atoms with Crippen molar-refractivity contribution in [3.63, 3.8) is 0 Å². The summed E-state index contributed by atoms with van der Waals surface area (Å²) >= 11 is 0. The topological polar surface area (TPSA) is 49.4 Å². The van der Waals surface area contributed by atoms with E-state index in [1.54, 1.807) is 4.31 Å². The number of hydrogen-bond acceptors (Lipinski definition) is 3. The third kappa shape index (κ3) is 2.16. The van der Waals surface area contributed by atoms with Gasteiger partial charge in [0.05, 0.1) is 4.90 Å². The number of sulfonamides is 1. The number of benzene rings is 1. The first-order valence-corrected chi connectivity index (χ1v) is 8.46. The van der Waals surface area contributed by atoms with Crippen molar-refractivity contribution in [1.82, 2.24) is 9.62 Å². The van der Waals surface area contributed by atoms with E-state index in [0.29, 0.717) is 18.4 Å². The molecule has 3 atom stereocenters. The van der Waals surface area contributed by atoms with Crippen molar-refractivity contribution in [3.05, 3.63) is 30.1 Å². The highest BCUT2D eigenvalue weighted by atomic mass is 32.2. The van der Waals surface area contributed by atoms with Crippen LogP contribution in [-0.4, -0.2) is 38.4 Å². The van der Waals surface area contributed by atoms with Gasteiger partial charge in [0, 0.05) is 12.6 Å². The molecule has 4 nitrogen and oxygen atoms in total. The van der Waals surface area contributed by atoms with Crippen LogP contribution in [0.4, 0.5) is 4.39 Å². The third-order valence-corrected chi connectivity index (χ3v) is 6.41. The zero-order chi connectivity index (χ0) is 14.3. The molecule has 0 amide bonds. The maximum atomic E-state index is 13.0. The quantitative estimate of drug-likeness (QED) is 0.919. The molecule has 0 radical (unpaired) electrons. The van der Waals surface area contributed by atoms with Gasteiger partial charge in [-0.2, -0.15) is 4.31 Å². The second kappa shape index (κ2) is 5.09. The van der Waals surface area contributed by atoms with E-state index in [0.717, 1.165) is 19.5 Å². The molecule has 1 aromatic carbocycles. The van der Waals surface area contributed by atoms with Crippen LogP contribution in [0.1, 0.15) is 13.3 Å². The molecule has 110 valence electrons. The Balaban J connectivity index is 1.93. The van der Waals surface area contributed by atoms with Gasteiger partial charge >= 0.3 is 0 Å². The van der Waals surface area contributed by atoms with E-state index in [-0.39, 0.29) is 10.9 Å². The molecule has 1 N–H and O–H groups in total. The lowest BCUT2D eigenvalue weighted by atomic mass is 9.93. The molecule has 0 bridgehead atoms. The van der Waals surface area contributed by atoms with E-state index >= 15 is 0 Å². The summed E-state index contributed by atoms with van der Waals surface area (Å²) in [6.07, 6.45) is 0.809. The highest BCUT2D eigenvalue weighted by Gasteiger charge is 2.48. The zero-order valence-corrected chi connectivity index (χ0v) is 12.2. The molecule has 3 rings (SSSR count). The highest BCUT2D eigenvalue weighted by molar-refractivity contribution is 7.89. The van der Waals surface area contributed by atoms with Gasteiger partial charge in [0.2, 0.25) is 10.0 Å². The summed E-state index contributed by atoms with van der Waals surface area (Å²) in [5.74, 6) is 0.379. The fourth-order valence-corrected chi connectivity index (χ4v) is 5.31. The molecule has 2 fully saturated rings. The summed E-state index contributed by atoms with van der Waals surface area (Å²) in [6.45, 7) is 4.36. The number of hydrogen-bond donors (Lipinski definition) is 1. The Morgan fingerprint density at radius 3 is 2.65 bits per heavy atom. The lowest BCUT2D eigenvalue weighted by Gasteiger charge is -2.26. The molecule has 3 unspecified atom stereocenters. The second-order valence-corrected chi connectivity index (χ2v) is 7.48. The minimum Gasteiger partial charge on any atom is -0.316 e. The molecule has 0 spiro atoms. The maximum Gasteiger partial charge on any atom is 0.243 e. The molecular formula is C14H19FN2O2S. The largest absolute Gasteiger partial charge is 0.316 e. The van der Waals surface area contributed by atoms with Gasteiger partial charge in [-0.25, -0.2) is 12.8 Å². The Morgan fingerprint density at radius 2 is 2.00 bits per heavy atom. The predicted octanol–water partition coefficient (Wildman–Crippen LogP) is 1.44. The number of nitrogens with one attached hydrogen (secondary N) is 1. The average Bonchev–Trinajstić information content (AvgIpc) is 2.99. The van der Waals surface area contributed by atoms with E-state index in [1.165, 1.54) is 24.3 Å². The minimum absolute atomic E-state index is 0.0463. The summed E-state index contributed by atoms with van der Waals surface area (Å²) in [4.78, 5) is 0.185. The number of rotatable bonds is 3. The van der Waals surface area contributed by atoms with Crippen molar-refractivity contribution < 1.29 is 12.8 Å². The van der Waals surface area contributed by atoms with Crippen molar-refractivity contribution in [2.75, 3.05) is 19.6 Å². The fourth-order valence-electron chi connectivity index (χ4n) is 3.51. The molecule has 2 saturated heterocycles. The van der Waals surface area contributed by atoms with Crippen LogP contribution in [0.15, 0.2) is 29.2 Å². The van der Waals surface area contributed by atoms with Gasteiger partial charge in [-0.3, -0.25) is 0 Å². The van der Waals surface area contributed by atoms with Crippen molar-refractivity contribution in [2.45, 2.75) is 24.3 Å². The first-order chi connectivity index (χ1) is 9.54. The van der Waals surface area contributed by atoms with Crippen molar-refractivity contribution in [2.24, 2.45) is 11.8 Å². The van der Waals surface area contributed by atoms with Crippen molar-refractivity contribution >= 4 is 10.0 Å². The first kappa shape index (κ1) is 14.0. The fraction of sp³-hybridized carbons (Fsp3) is 0.571. The Labute approximate surface area is 119 Å². The van der Waals surface area contributed by atoms with Crippen LogP contribution in [0.2, 0.25) is 0 Å². The molecule has 0 saturated carbocycles. The number of fused-ring (bicyclic) bond motifs is 1. The molecular weight excluding hydrogens is 279 g/mol. The minimum atomic E-state index is -3.52. The highest BCUT2D eigenvalue weighted by Crippen LogP contribution is 2.37. The summed E-state index contributed by atoms with van der Waals surface area (Å²) in [5.41, 5.74) is 0.